The first-order valence-electron chi connectivity index (χ1n) is 11.4. The fourth-order valence-corrected chi connectivity index (χ4v) is 4.49. The highest BCUT2D eigenvalue weighted by Crippen LogP contribution is 2.39. The number of benzene rings is 2. The molecule has 0 fully saturated rings. The number of hydrogen-bond acceptors (Lipinski definition) is 4. The smallest absolute Gasteiger partial charge is 0.332 e. The second-order valence-electron chi connectivity index (χ2n) is 9.54. The summed E-state index contributed by atoms with van der Waals surface area (Å²) in [5.41, 5.74) is 11.7. The van der Waals surface area contributed by atoms with Gasteiger partial charge in [0, 0.05) is 30.6 Å². The van der Waals surface area contributed by atoms with E-state index in [4.69, 9.17) is 10.2 Å². The van der Waals surface area contributed by atoms with Crippen LogP contribution in [-0.4, -0.2) is 22.5 Å². The highest BCUT2D eigenvalue weighted by atomic mass is 16.4. The molecule has 3 amide bonds. The van der Waals surface area contributed by atoms with Gasteiger partial charge in [-0.2, -0.15) is 5.10 Å². The van der Waals surface area contributed by atoms with Crippen molar-refractivity contribution in [3.05, 3.63) is 94.4 Å². The predicted molar refractivity (Wildman–Crippen MR) is 131 cm³/mol. The van der Waals surface area contributed by atoms with Crippen molar-refractivity contribution in [1.82, 2.24) is 10.3 Å². The largest absolute Gasteiger partial charge is 0.455 e. The topological polar surface area (TPSA) is 101 Å². The molecule has 2 aromatic carbocycles. The van der Waals surface area contributed by atoms with Gasteiger partial charge >= 0.3 is 6.03 Å². The molecule has 1 aromatic heterocycles. The van der Waals surface area contributed by atoms with Crippen LogP contribution in [0.1, 0.15) is 58.8 Å². The number of fused-ring (bicyclic) bond motifs is 1. The molecule has 3 aromatic rings. The molecule has 1 aliphatic carbocycles. The van der Waals surface area contributed by atoms with Crippen LogP contribution in [0.25, 0.3) is 0 Å². The Morgan fingerprint density at radius 1 is 1.00 bits per heavy atom. The van der Waals surface area contributed by atoms with Crippen molar-refractivity contribution in [2.24, 2.45) is 16.3 Å². The van der Waals surface area contributed by atoms with Crippen LogP contribution in [0, 0.1) is 12.3 Å². The van der Waals surface area contributed by atoms with E-state index in [1.165, 1.54) is 0 Å². The summed E-state index contributed by atoms with van der Waals surface area (Å²) in [6.45, 7) is 6.99. The summed E-state index contributed by atoms with van der Waals surface area (Å²) in [5, 5.41) is 4.24. The first kappa shape index (κ1) is 23.3. The lowest BCUT2D eigenvalue weighted by Crippen LogP contribution is -2.31. The minimum absolute atomic E-state index is 0.135. The molecule has 4 rings (SSSR count). The van der Waals surface area contributed by atoms with E-state index in [0.717, 1.165) is 22.3 Å². The van der Waals surface area contributed by atoms with Crippen molar-refractivity contribution in [2.45, 2.75) is 46.7 Å². The number of carbonyl (C=O) groups is 2. The first-order chi connectivity index (χ1) is 16.2. The standard InChI is InChI=1S/C27H30N4O3/c1-18-23-21(29-30-26(28)33)14-27(2,3)15-22(23)34-24(18)25(32)31(16-19-10-6-4-7-11-19)17-20-12-8-5-9-13-20/h4-13H,14-17H2,1-3H3,(H3,28,30,33)/b29-21-. The number of nitrogens with two attached hydrogens (primary N) is 1. The second kappa shape index (κ2) is 9.55. The fraction of sp³-hybridized carbons (Fsp3) is 0.296. The number of hydrogen-bond donors (Lipinski definition) is 2. The lowest BCUT2D eigenvalue weighted by Gasteiger charge is -2.29. The van der Waals surface area contributed by atoms with E-state index in [1.54, 1.807) is 4.90 Å². The third-order valence-electron chi connectivity index (χ3n) is 6.01. The monoisotopic (exact) mass is 458 g/mol. The Morgan fingerprint density at radius 2 is 1.56 bits per heavy atom. The SMILES string of the molecule is Cc1c(C(=O)N(Cc2ccccc2)Cc2ccccc2)oc2c1/C(=N\NC(N)=O)CC(C)(C)C2. The van der Waals surface area contributed by atoms with E-state index in [0.29, 0.717) is 43.2 Å². The molecule has 176 valence electrons. The van der Waals surface area contributed by atoms with Gasteiger partial charge in [-0.25, -0.2) is 10.2 Å². The van der Waals surface area contributed by atoms with Gasteiger partial charge < -0.3 is 15.1 Å². The maximum Gasteiger partial charge on any atom is 0.332 e. The summed E-state index contributed by atoms with van der Waals surface area (Å²) >= 11 is 0. The van der Waals surface area contributed by atoms with E-state index in [-0.39, 0.29) is 11.3 Å². The van der Waals surface area contributed by atoms with Crippen molar-refractivity contribution in [2.75, 3.05) is 0 Å². The summed E-state index contributed by atoms with van der Waals surface area (Å²) in [6, 6.07) is 19.1. The molecule has 0 bridgehead atoms. The van der Waals surface area contributed by atoms with Crippen LogP contribution in [0.15, 0.2) is 70.2 Å². The number of carbonyl (C=O) groups excluding carboxylic acids is 2. The Hall–Kier alpha value is -3.87. The molecule has 7 nitrogen and oxygen atoms in total. The predicted octanol–water partition coefficient (Wildman–Crippen LogP) is 4.78. The van der Waals surface area contributed by atoms with Gasteiger partial charge in [0.2, 0.25) is 0 Å². The molecule has 34 heavy (non-hydrogen) atoms. The van der Waals surface area contributed by atoms with Crippen molar-refractivity contribution < 1.29 is 14.0 Å². The summed E-state index contributed by atoms with van der Waals surface area (Å²) in [5.74, 6) is 0.836. The van der Waals surface area contributed by atoms with Crippen LogP contribution >= 0.6 is 0 Å². The first-order valence-corrected chi connectivity index (χ1v) is 11.4. The highest BCUT2D eigenvalue weighted by molar-refractivity contribution is 6.07. The van der Waals surface area contributed by atoms with E-state index >= 15 is 0 Å². The van der Waals surface area contributed by atoms with Gasteiger partial charge in [-0.3, -0.25) is 4.79 Å². The van der Waals surface area contributed by atoms with Crippen molar-refractivity contribution in [3.63, 3.8) is 0 Å². The number of nitrogens with zero attached hydrogens (tertiary/aromatic N) is 2. The van der Waals surface area contributed by atoms with E-state index in [1.807, 2.05) is 67.6 Å². The third-order valence-corrected chi connectivity index (χ3v) is 6.01. The molecule has 3 N–H and O–H groups in total. The van der Waals surface area contributed by atoms with Gasteiger partial charge in [0.25, 0.3) is 5.91 Å². The Balaban J connectivity index is 1.72. The Morgan fingerprint density at radius 3 is 2.09 bits per heavy atom. The zero-order valence-electron chi connectivity index (χ0n) is 19.8. The Kier molecular flexibility index (Phi) is 6.54. The van der Waals surface area contributed by atoms with Crippen LogP contribution < -0.4 is 11.2 Å². The third kappa shape index (κ3) is 5.20. The normalized spacial score (nSPS) is 15.6. The van der Waals surface area contributed by atoms with Gasteiger partial charge in [-0.15, -0.1) is 0 Å². The zero-order chi connectivity index (χ0) is 24.3. The van der Waals surface area contributed by atoms with Crippen LogP contribution in [0.5, 0.6) is 0 Å². The summed E-state index contributed by atoms with van der Waals surface area (Å²) in [7, 11) is 0. The van der Waals surface area contributed by atoms with Crippen molar-refractivity contribution in [3.8, 4) is 0 Å². The van der Waals surface area contributed by atoms with E-state index in [9.17, 15) is 9.59 Å². The number of rotatable bonds is 6. The minimum Gasteiger partial charge on any atom is -0.455 e. The lowest BCUT2D eigenvalue weighted by atomic mass is 9.75. The highest BCUT2D eigenvalue weighted by Gasteiger charge is 2.37. The molecule has 0 spiro atoms. The van der Waals surface area contributed by atoms with Gasteiger partial charge in [0.05, 0.1) is 5.71 Å². The number of urea groups is 1. The van der Waals surface area contributed by atoms with Crippen molar-refractivity contribution in [1.29, 1.82) is 0 Å². The second-order valence-corrected chi connectivity index (χ2v) is 9.54. The molecule has 0 radical (unpaired) electrons. The Bertz CT molecular complexity index is 1170. The molecule has 7 heteroatoms. The quantitative estimate of drug-likeness (QED) is 0.520. The van der Waals surface area contributed by atoms with Crippen LogP contribution in [0.3, 0.4) is 0 Å². The molecular weight excluding hydrogens is 428 g/mol. The number of amides is 3. The Labute approximate surface area is 199 Å². The molecular formula is C27H30N4O3. The molecule has 0 atom stereocenters. The van der Waals surface area contributed by atoms with Gasteiger partial charge in [-0.05, 0) is 29.9 Å². The number of hydrazone groups is 1. The van der Waals surface area contributed by atoms with Gasteiger partial charge in [-0.1, -0.05) is 74.5 Å². The van der Waals surface area contributed by atoms with Gasteiger partial charge in [0.15, 0.2) is 5.76 Å². The molecule has 0 aliphatic heterocycles. The van der Waals surface area contributed by atoms with E-state index in [2.05, 4.69) is 24.4 Å². The zero-order valence-corrected chi connectivity index (χ0v) is 19.8. The maximum absolute atomic E-state index is 13.8. The summed E-state index contributed by atoms with van der Waals surface area (Å²) < 4.78 is 6.21. The minimum atomic E-state index is -0.730. The molecule has 1 heterocycles. The summed E-state index contributed by atoms with van der Waals surface area (Å²) in [4.78, 5) is 26.9. The van der Waals surface area contributed by atoms with Crippen LogP contribution in [0.4, 0.5) is 4.79 Å². The average Bonchev–Trinajstić information content (AvgIpc) is 3.12. The maximum atomic E-state index is 13.8. The van der Waals surface area contributed by atoms with Crippen LogP contribution in [-0.2, 0) is 19.5 Å². The fourth-order valence-electron chi connectivity index (χ4n) is 4.49. The van der Waals surface area contributed by atoms with Gasteiger partial charge in [0.1, 0.15) is 5.76 Å². The van der Waals surface area contributed by atoms with Crippen LogP contribution in [0.2, 0.25) is 0 Å². The number of furan rings is 1. The van der Waals surface area contributed by atoms with Crippen molar-refractivity contribution >= 4 is 17.6 Å². The summed E-state index contributed by atoms with van der Waals surface area (Å²) in [6.07, 6.45) is 1.30. The molecule has 0 unspecified atom stereocenters. The number of nitrogens with one attached hydrogen (secondary N) is 1. The molecule has 1 aliphatic rings. The number of primary amides is 1. The average molecular weight is 459 g/mol. The molecule has 0 saturated heterocycles. The van der Waals surface area contributed by atoms with E-state index < -0.39 is 6.03 Å². The molecule has 0 saturated carbocycles. The lowest BCUT2D eigenvalue weighted by molar-refractivity contribution is 0.0693.